The maximum Gasteiger partial charge on any atom is 0.106 e. The van der Waals surface area contributed by atoms with E-state index in [1.54, 1.807) is 19.8 Å². The summed E-state index contributed by atoms with van der Waals surface area (Å²) in [6.45, 7) is 4.98. The van der Waals surface area contributed by atoms with Crippen LogP contribution in [0.5, 0.6) is 0 Å². The van der Waals surface area contributed by atoms with E-state index < -0.39 is 0 Å². The highest BCUT2D eigenvalue weighted by atomic mass is 16.6. The average molecular weight is 344 g/mol. The molecule has 3 saturated carbocycles. The van der Waals surface area contributed by atoms with Crippen molar-refractivity contribution in [2.24, 2.45) is 38.9 Å². The number of rotatable bonds is 2. The third-order valence-electron chi connectivity index (χ3n) is 8.13. The van der Waals surface area contributed by atoms with Gasteiger partial charge >= 0.3 is 0 Å². The number of nitrogens with zero attached hydrogens (tertiary/aromatic N) is 2. The summed E-state index contributed by atoms with van der Waals surface area (Å²) in [5.74, 6) is 2.44. The van der Waals surface area contributed by atoms with Crippen LogP contribution >= 0.6 is 0 Å². The molecule has 0 heterocycles. The average Bonchev–Trinajstić information content (AvgIpc) is 2.93. The Morgan fingerprint density at radius 1 is 0.880 bits per heavy atom. The minimum absolute atomic E-state index is 0.270. The lowest BCUT2D eigenvalue weighted by molar-refractivity contribution is -0.0163. The van der Waals surface area contributed by atoms with Gasteiger partial charge in [0.15, 0.2) is 0 Å². The fourth-order valence-corrected chi connectivity index (χ4v) is 6.81. The van der Waals surface area contributed by atoms with E-state index in [1.807, 2.05) is 0 Å². The summed E-state index contributed by atoms with van der Waals surface area (Å²) in [6.07, 6.45) is 12.2. The number of fused-ring (bicyclic) bond motifs is 5. The van der Waals surface area contributed by atoms with Crippen molar-refractivity contribution in [3.63, 3.8) is 0 Å². The van der Waals surface area contributed by atoms with E-state index in [4.69, 9.17) is 9.68 Å². The molecule has 4 nitrogen and oxygen atoms in total. The summed E-state index contributed by atoms with van der Waals surface area (Å²) in [6, 6.07) is 0. The summed E-state index contributed by atoms with van der Waals surface area (Å²) < 4.78 is 0. The molecule has 0 amide bonds. The van der Waals surface area contributed by atoms with Crippen molar-refractivity contribution in [2.45, 2.75) is 65.2 Å². The van der Waals surface area contributed by atoms with E-state index in [0.29, 0.717) is 5.41 Å². The van der Waals surface area contributed by atoms with E-state index in [9.17, 15) is 0 Å². The molecule has 25 heavy (non-hydrogen) atoms. The van der Waals surface area contributed by atoms with E-state index in [-0.39, 0.29) is 5.41 Å². The normalized spacial score (nSPS) is 46.2. The SMILES string of the molecule is CON=C1CCC2C3CCC4=C/C(=N/OC)CC[C@]4(C)C3CC[C@]12C. The summed E-state index contributed by atoms with van der Waals surface area (Å²) in [5, 5.41) is 8.64. The van der Waals surface area contributed by atoms with Gasteiger partial charge in [0.1, 0.15) is 14.2 Å². The van der Waals surface area contributed by atoms with Gasteiger partial charge in [0, 0.05) is 5.41 Å². The van der Waals surface area contributed by atoms with Crippen LogP contribution in [0.25, 0.3) is 0 Å². The van der Waals surface area contributed by atoms with Gasteiger partial charge in [0.05, 0.1) is 11.4 Å². The van der Waals surface area contributed by atoms with Crippen molar-refractivity contribution in [1.29, 1.82) is 0 Å². The maximum atomic E-state index is 5.17. The highest BCUT2D eigenvalue weighted by Gasteiger charge is 2.58. The molecule has 138 valence electrons. The third kappa shape index (κ3) is 2.47. The second-order valence-electron chi connectivity index (χ2n) is 8.98. The maximum absolute atomic E-state index is 5.17. The van der Waals surface area contributed by atoms with Gasteiger partial charge < -0.3 is 9.68 Å². The van der Waals surface area contributed by atoms with Crippen LogP contribution in [0.4, 0.5) is 0 Å². The Morgan fingerprint density at radius 3 is 2.40 bits per heavy atom. The quantitative estimate of drug-likeness (QED) is 0.665. The Hall–Kier alpha value is -1.32. The molecular weight excluding hydrogens is 312 g/mol. The summed E-state index contributed by atoms with van der Waals surface area (Å²) in [7, 11) is 3.34. The van der Waals surface area contributed by atoms with Gasteiger partial charge in [0.2, 0.25) is 0 Å². The molecule has 0 aromatic heterocycles. The lowest BCUT2D eigenvalue weighted by Gasteiger charge is -2.57. The molecule has 5 atom stereocenters. The third-order valence-corrected chi connectivity index (χ3v) is 8.13. The van der Waals surface area contributed by atoms with Gasteiger partial charge in [-0.15, -0.1) is 0 Å². The van der Waals surface area contributed by atoms with Gasteiger partial charge in [-0.3, -0.25) is 0 Å². The molecule has 3 unspecified atom stereocenters. The molecule has 0 N–H and O–H groups in total. The van der Waals surface area contributed by atoms with Gasteiger partial charge in [-0.2, -0.15) is 0 Å². The Bertz CT molecular complexity index is 638. The van der Waals surface area contributed by atoms with Crippen LogP contribution in [0, 0.1) is 28.6 Å². The molecule has 0 saturated heterocycles. The van der Waals surface area contributed by atoms with Crippen LogP contribution in [0.1, 0.15) is 65.2 Å². The number of oxime groups is 2. The highest BCUT2D eigenvalue weighted by molar-refractivity contribution is 5.96. The second-order valence-corrected chi connectivity index (χ2v) is 8.98. The Balaban J connectivity index is 1.64. The fraction of sp³-hybridized carbons (Fsp3) is 0.810. The number of allylic oxidation sites excluding steroid dienone is 2. The number of hydrogen-bond donors (Lipinski definition) is 0. The topological polar surface area (TPSA) is 43.2 Å². The van der Waals surface area contributed by atoms with Crippen molar-refractivity contribution in [2.75, 3.05) is 14.2 Å². The summed E-state index contributed by atoms with van der Waals surface area (Å²) >= 11 is 0. The Kier molecular flexibility index (Phi) is 4.20. The molecule has 0 aliphatic heterocycles. The first-order chi connectivity index (χ1) is 12.0. The standard InChI is InChI=1S/C21H32N2O2/c1-20-11-9-15(22-24-3)13-14(20)5-6-16-17-7-8-19(23-25-4)21(17,2)12-10-18(16)20/h13,16-18H,5-12H2,1-4H3/b22-15+,23-19?/t16?,17?,18?,20-,21-/m0/s1. The summed E-state index contributed by atoms with van der Waals surface area (Å²) in [5.41, 5.74) is 4.71. The van der Waals surface area contributed by atoms with Gasteiger partial charge in [0.25, 0.3) is 0 Å². The molecule has 3 fully saturated rings. The monoisotopic (exact) mass is 344 g/mol. The zero-order valence-electron chi connectivity index (χ0n) is 16.2. The van der Waals surface area contributed by atoms with Crippen LogP contribution in [-0.2, 0) is 9.68 Å². The van der Waals surface area contributed by atoms with Crippen molar-refractivity contribution in [1.82, 2.24) is 0 Å². The molecule has 0 spiro atoms. The van der Waals surface area contributed by atoms with Crippen LogP contribution in [0.3, 0.4) is 0 Å². The van der Waals surface area contributed by atoms with E-state index in [0.717, 1.165) is 36.3 Å². The molecule has 4 rings (SSSR count). The van der Waals surface area contributed by atoms with E-state index >= 15 is 0 Å². The van der Waals surface area contributed by atoms with Crippen molar-refractivity contribution < 1.29 is 9.68 Å². The lowest BCUT2D eigenvalue weighted by atomic mass is 9.47. The molecule has 0 aromatic carbocycles. The molecule has 4 aliphatic rings. The smallest absolute Gasteiger partial charge is 0.106 e. The minimum atomic E-state index is 0.270. The first-order valence-corrected chi connectivity index (χ1v) is 9.94. The van der Waals surface area contributed by atoms with Gasteiger partial charge in [-0.25, -0.2) is 0 Å². The molecule has 0 radical (unpaired) electrons. The van der Waals surface area contributed by atoms with E-state index in [2.05, 4.69) is 30.2 Å². The zero-order valence-corrected chi connectivity index (χ0v) is 16.2. The predicted octanol–water partition coefficient (Wildman–Crippen LogP) is 4.95. The van der Waals surface area contributed by atoms with Gasteiger partial charge in [-0.1, -0.05) is 29.7 Å². The van der Waals surface area contributed by atoms with Crippen molar-refractivity contribution in [3.05, 3.63) is 11.6 Å². The Morgan fingerprint density at radius 2 is 1.64 bits per heavy atom. The van der Waals surface area contributed by atoms with Crippen molar-refractivity contribution >= 4 is 11.4 Å². The van der Waals surface area contributed by atoms with Crippen molar-refractivity contribution in [3.8, 4) is 0 Å². The molecule has 0 bridgehead atoms. The first-order valence-electron chi connectivity index (χ1n) is 9.94. The summed E-state index contributed by atoms with van der Waals surface area (Å²) in [4.78, 5) is 10.2. The molecule has 4 heteroatoms. The molecule has 4 aliphatic carbocycles. The van der Waals surface area contributed by atoms with Gasteiger partial charge in [-0.05, 0) is 80.6 Å². The number of hydrogen-bond acceptors (Lipinski definition) is 4. The minimum Gasteiger partial charge on any atom is -0.399 e. The Labute approximate surface area is 151 Å². The van der Waals surface area contributed by atoms with Crippen LogP contribution < -0.4 is 0 Å². The largest absolute Gasteiger partial charge is 0.399 e. The van der Waals surface area contributed by atoms with Crippen LogP contribution in [0.15, 0.2) is 22.0 Å². The fourth-order valence-electron chi connectivity index (χ4n) is 6.81. The molecular formula is C21H32N2O2. The van der Waals surface area contributed by atoms with E-state index in [1.165, 1.54) is 44.2 Å². The van der Waals surface area contributed by atoms with Crippen LogP contribution in [-0.4, -0.2) is 25.6 Å². The highest BCUT2D eigenvalue weighted by Crippen LogP contribution is 2.64. The predicted molar refractivity (Wildman–Crippen MR) is 101 cm³/mol. The second kappa shape index (κ2) is 6.14. The lowest BCUT2D eigenvalue weighted by Crippen LogP contribution is -2.50. The molecule has 0 aromatic rings. The first kappa shape index (κ1) is 17.1. The van der Waals surface area contributed by atoms with Crippen LogP contribution in [0.2, 0.25) is 0 Å². The zero-order chi connectivity index (χ0) is 17.7.